The number of benzene rings is 4. The van der Waals surface area contributed by atoms with E-state index in [0.717, 1.165) is 54.7 Å². The number of carbonyl (C=O) groups excluding carboxylic acids is 2. The molecule has 0 aliphatic rings. The molecule has 0 spiro atoms. The van der Waals surface area contributed by atoms with Gasteiger partial charge in [0, 0.05) is 11.6 Å². The van der Waals surface area contributed by atoms with Gasteiger partial charge in [0.1, 0.15) is 57.7 Å². The number of carbonyl (C=O) groups is 2. The molecule has 0 fully saturated rings. The summed E-state index contributed by atoms with van der Waals surface area (Å²) in [7, 11) is 0. The van der Waals surface area contributed by atoms with Gasteiger partial charge in [-0.25, -0.2) is 36.3 Å². The Labute approximate surface area is 290 Å². The first-order chi connectivity index (χ1) is 24.5. The van der Waals surface area contributed by atoms with Crippen LogP contribution < -0.4 is 21.3 Å². The molecule has 6 rings (SSSR count). The van der Waals surface area contributed by atoms with Crippen molar-refractivity contribution in [3.63, 3.8) is 0 Å². The number of anilines is 6. The minimum absolute atomic E-state index is 0.0657. The van der Waals surface area contributed by atoms with Gasteiger partial charge in [-0.05, 0) is 78.4 Å². The number of hydrogen-bond acceptors (Lipinski definition) is 6. The van der Waals surface area contributed by atoms with Crippen LogP contribution in [0, 0.1) is 34.9 Å². The Kier molecular flexibility index (Phi) is 9.86. The van der Waals surface area contributed by atoms with Crippen molar-refractivity contribution < 1.29 is 35.9 Å². The van der Waals surface area contributed by atoms with Gasteiger partial charge in [0.15, 0.2) is 0 Å². The zero-order valence-corrected chi connectivity index (χ0v) is 26.4. The number of rotatable bonds is 9. The van der Waals surface area contributed by atoms with Gasteiger partial charge in [0.25, 0.3) is 11.8 Å². The Morgan fingerprint density at radius 2 is 1.14 bits per heavy atom. The number of nitrogens with one attached hydrogen (secondary N) is 4. The van der Waals surface area contributed by atoms with Crippen molar-refractivity contribution in [3.05, 3.63) is 154 Å². The largest absolute Gasteiger partial charge is 0.339 e. The van der Waals surface area contributed by atoms with E-state index in [9.17, 15) is 31.5 Å². The van der Waals surface area contributed by atoms with E-state index in [0.29, 0.717) is 5.69 Å². The topological polar surface area (TPSA) is 108 Å². The molecule has 2 aromatic heterocycles. The molecule has 0 bridgehead atoms. The highest BCUT2D eigenvalue weighted by Crippen LogP contribution is 2.34. The van der Waals surface area contributed by atoms with Gasteiger partial charge in [-0.2, -0.15) is 0 Å². The standard InChI is InChI=1S/C36H21ClF6N6O2/c37-23-14-18(4-11-28(23)48-30-12-6-20(16-44-30)46-35(50)32-25(40)2-1-3-26(32)41)22-8-10-27(42)33(34(22)43)36(51)47-21-7-13-31(45-17-21)49-29-15-19(38)5-9-24(29)39/h1-17H,(H,44,48)(H,45,49)(H,46,50)(H,47,51). The van der Waals surface area contributed by atoms with Crippen molar-refractivity contribution in [1.82, 2.24) is 9.97 Å². The van der Waals surface area contributed by atoms with E-state index in [2.05, 4.69) is 31.2 Å². The van der Waals surface area contributed by atoms with Crippen LogP contribution in [0.25, 0.3) is 11.1 Å². The second kappa shape index (κ2) is 14.6. The van der Waals surface area contributed by atoms with E-state index >= 15 is 4.39 Å². The Morgan fingerprint density at radius 3 is 1.73 bits per heavy atom. The van der Waals surface area contributed by atoms with Gasteiger partial charge in [-0.15, -0.1) is 0 Å². The molecule has 256 valence electrons. The first kappa shape index (κ1) is 34.5. The summed E-state index contributed by atoms with van der Waals surface area (Å²) in [6.07, 6.45) is 2.41. The third kappa shape index (κ3) is 7.76. The van der Waals surface area contributed by atoms with Gasteiger partial charge in [0.2, 0.25) is 0 Å². The van der Waals surface area contributed by atoms with Crippen LogP contribution in [0.15, 0.2) is 103 Å². The quantitative estimate of drug-likeness (QED) is 0.111. The fraction of sp³-hybridized carbons (Fsp3) is 0. The van der Waals surface area contributed by atoms with E-state index < -0.39 is 57.8 Å². The molecule has 0 saturated heterocycles. The summed E-state index contributed by atoms with van der Waals surface area (Å²) < 4.78 is 85.7. The summed E-state index contributed by atoms with van der Waals surface area (Å²) in [6, 6.07) is 17.9. The number of pyridine rings is 2. The molecule has 0 unspecified atom stereocenters. The average molecular weight is 719 g/mol. The Hall–Kier alpha value is -6.41. The monoisotopic (exact) mass is 718 g/mol. The number of nitrogens with zero attached hydrogens (tertiary/aromatic N) is 2. The molecule has 4 N–H and O–H groups in total. The maximum absolute atomic E-state index is 15.7. The Morgan fingerprint density at radius 1 is 0.569 bits per heavy atom. The van der Waals surface area contributed by atoms with Crippen LogP contribution in [0.1, 0.15) is 20.7 Å². The lowest BCUT2D eigenvalue weighted by molar-refractivity contribution is 0.101. The molecule has 8 nitrogen and oxygen atoms in total. The van der Waals surface area contributed by atoms with Crippen LogP contribution in [0.3, 0.4) is 0 Å². The van der Waals surface area contributed by atoms with Gasteiger partial charge in [-0.1, -0.05) is 23.7 Å². The maximum Gasteiger partial charge on any atom is 0.261 e. The van der Waals surface area contributed by atoms with Crippen molar-refractivity contribution in [2.75, 3.05) is 21.3 Å². The van der Waals surface area contributed by atoms with Gasteiger partial charge in [0.05, 0.1) is 40.2 Å². The van der Waals surface area contributed by atoms with Crippen LogP contribution in [0.4, 0.5) is 60.7 Å². The lowest BCUT2D eigenvalue weighted by Gasteiger charge is -2.13. The molecule has 0 radical (unpaired) electrons. The van der Waals surface area contributed by atoms with Crippen LogP contribution in [-0.4, -0.2) is 21.8 Å². The summed E-state index contributed by atoms with van der Waals surface area (Å²) in [5.74, 6) is -7.44. The molecule has 15 heteroatoms. The lowest BCUT2D eigenvalue weighted by atomic mass is 10.0. The minimum atomic E-state index is -1.16. The fourth-order valence-electron chi connectivity index (χ4n) is 4.82. The zero-order chi connectivity index (χ0) is 36.2. The highest BCUT2D eigenvalue weighted by Gasteiger charge is 2.22. The van der Waals surface area contributed by atoms with Crippen LogP contribution >= 0.6 is 11.6 Å². The summed E-state index contributed by atoms with van der Waals surface area (Å²) in [5.41, 5.74) is -1.13. The van der Waals surface area contributed by atoms with Crippen molar-refractivity contribution in [1.29, 1.82) is 0 Å². The Bertz CT molecular complexity index is 2270. The normalized spacial score (nSPS) is 10.8. The van der Waals surface area contributed by atoms with Crippen molar-refractivity contribution in [2.45, 2.75) is 0 Å². The summed E-state index contributed by atoms with van der Waals surface area (Å²) in [6.45, 7) is 0. The molecule has 6 aromatic rings. The number of aromatic nitrogens is 2. The average Bonchev–Trinajstić information content (AvgIpc) is 3.09. The summed E-state index contributed by atoms with van der Waals surface area (Å²) >= 11 is 6.45. The summed E-state index contributed by atoms with van der Waals surface area (Å²) in [4.78, 5) is 33.5. The first-order valence-corrected chi connectivity index (χ1v) is 15.1. The van der Waals surface area contributed by atoms with Crippen molar-refractivity contribution >= 4 is 57.8 Å². The van der Waals surface area contributed by atoms with E-state index in [1.165, 1.54) is 48.7 Å². The SMILES string of the molecule is O=C(Nc1ccc(Nc2ccc(-c3ccc(F)c(C(=O)Nc4ccc(Nc5cc(F)ccc5F)nc4)c3F)cc2Cl)nc1)c1c(F)cccc1F. The Balaban J connectivity index is 1.13. The lowest BCUT2D eigenvalue weighted by Crippen LogP contribution is -2.16. The molecule has 0 saturated carbocycles. The molecular weight excluding hydrogens is 698 g/mol. The number of halogens is 7. The maximum atomic E-state index is 15.7. The zero-order valence-electron chi connectivity index (χ0n) is 25.7. The summed E-state index contributed by atoms with van der Waals surface area (Å²) in [5, 5.41) is 10.4. The fourth-order valence-corrected chi connectivity index (χ4v) is 5.05. The molecule has 0 aliphatic carbocycles. The molecule has 0 aliphatic heterocycles. The predicted octanol–water partition coefficient (Wildman–Crippen LogP) is 9.62. The third-order valence-electron chi connectivity index (χ3n) is 7.28. The smallest absolute Gasteiger partial charge is 0.261 e. The van der Waals surface area contributed by atoms with Gasteiger partial charge < -0.3 is 21.3 Å². The second-order valence-electron chi connectivity index (χ2n) is 10.7. The molecular formula is C36H21ClF6N6O2. The number of amides is 2. The second-order valence-corrected chi connectivity index (χ2v) is 11.1. The van der Waals surface area contributed by atoms with E-state index in [1.54, 1.807) is 0 Å². The highest BCUT2D eigenvalue weighted by atomic mass is 35.5. The van der Waals surface area contributed by atoms with Gasteiger partial charge in [-0.3, -0.25) is 9.59 Å². The molecule has 0 atom stereocenters. The molecule has 4 aromatic carbocycles. The first-order valence-electron chi connectivity index (χ1n) is 14.7. The molecule has 2 amide bonds. The van der Waals surface area contributed by atoms with Crippen molar-refractivity contribution in [3.8, 4) is 11.1 Å². The number of hydrogen-bond donors (Lipinski definition) is 4. The third-order valence-corrected chi connectivity index (χ3v) is 7.60. The van der Waals surface area contributed by atoms with Crippen LogP contribution in [0.5, 0.6) is 0 Å². The van der Waals surface area contributed by atoms with Crippen LogP contribution in [0.2, 0.25) is 5.02 Å². The van der Waals surface area contributed by atoms with Crippen LogP contribution in [-0.2, 0) is 0 Å². The van der Waals surface area contributed by atoms with E-state index in [4.69, 9.17) is 11.6 Å². The van der Waals surface area contributed by atoms with Crippen molar-refractivity contribution in [2.24, 2.45) is 0 Å². The van der Waals surface area contributed by atoms with E-state index in [-0.39, 0.29) is 44.8 Å². The van der Waals surface area contributed by atoms with E-state index in [1.807, 2.05) is 0 Å². The minimum Gasteiger partial charge on any atom is -0.339 e. The predicted molar refractivity (Wildman–Crippen MR) is 180 cm³/mol. The van der Waals surface area contributed by atoms with Gasteiger partial charge >= 0.3 is 0 Å². The molecule has 2 heterocycles. The molecule has 51 heavy (non-hydrogen) atoms. The highest BCUT2D eigenvalue weighted by molar-refractivity contribution is 6.33.